The summed E-state index contributed by atoms with van der Waals surface area (Å²) in [7, 11) is 1.94. The molecular formula is C20H28IN5O. The van der Waals surface area contributed by atoms with Crippen molar-refractivity contribution in [2.45, 2.75) is 33.2 Å². The quantitative estimate of drug-likeness (QED) is 0.233. The zero-order valence-electron chi connectivity index (χ0n) is 16.2. The number of benzene rings is 1. The van der Waals surface area contributed by atoms with Crippen LogP contribution in [0.1, 0.15) is 30.2 Å². The molecule has 1 aromatic carbocycles. The van der Waals surface area contributed by atoms with Gasteiger partial charge in [0.15, 0.2) is 5.96 Å². The number of nitrogens with zero attached hydrogens (tertiary/aromatic N) is 3. The van der Waals surface area contributed by atoms with Crippen molar-refractivity contribution in [1.82, 2.24) is 20.4 Å². The molecule has 6 nitrogen and oxygen atoms in total. The Labute approximate surface area is 177 Å². The maximum Gasteiger partial charge on any atom is 0.191 e. The molecule has 0 saturated carbocycles. The third kappa shape index (κ3) is 5.72. The first-order valence-corrected chi connectivity index (χ1v) is 9.14. The lowest BCUT2D eigenvalue weighted by atomic mass is 10.1. The molecule has 3 rings (SSSR count). The lowest BCUT2D eigenvalue weighted by molar-refractivity contribution is 0.547. The van der Waals surface area contributed by atoms with Gasteiger partial charge in [0.25, 0.3) is 0 Å². The molecule has 3 aromatic rings. The van der Waals surface area contributed by atoms with E-state index >= 15 is 0 Å². The normalized spacial score (nSPS) is 11.4. The fraction of sp³-hybridized carbons (Fsp3) is 0.400. The first kappa shape index (κ1) is 21.3. The molecule has 2 heterocycles. The topological polar surface area (TPSA) is 67.4 Å². The molecule has 0 amide bonds. The number of halogens is 1. The van der Waals surface area contributed by atoms with Crippen LogP contribution in [-0.2, 0) is 20.0 Å². The highest BCUT2D eigenvalue weighted by atomic mass is 127. The van der Waals surface area contributed by atoms with Gasteiger partial charge in [0.2, 0.25) is 0 Å². The van der Waals surface area contributed by atoms with Crippen molar-refractivity contribution in [3.8, 4) is 0 Å². The number of para-hydroxylation sites is 1. The van der Waals surface area contributed by atoms with Gasteiger partial charge in [0.1, 0.15) is 17.9 Å². The third-order valence-electron chi connectivity index (χ3n) is 4.36. The summed E-state index contributed by atoms with van der Waals surface area (Å²) in [5.74, 6) is 1.73. The SMILES string of the molecule is CCNC(=NCc1oc2ccccc2c1C)NCCCc1cnn(C)c1.I. The van der Waals surface area contributed by atoms with E-state index < -0.39 is 0 Å². The second-order valence-corrected chi connectivity index (χ2v) is 6.39. The summed E-state index contributed by atoms with van der Waals surface area (Å²) in [5, 5.41) is 12.0. The lowest BCUT2D eigenvalue weighted by Crippen LogP contribution is -2.37. The summed E-state index contributed by atoms with van der Waals surface area (Å²) in [6.45, 7) is 6.37. The highest BCUT2D eigenvalue weighted by molar-refractivity contribution is 14.0. The minimum absolute atomic E-state index is 0. The minimum atomic E-state index is 0. The van der Waals surface area contributed by atoms with Crippen molar-refractivity contribution in [3.63, 3.8) is 0 Å². The zero-order chi connectivity index (χ0) is 18.4. The van der Waals surface area contributed by atoms with Gasteiger partial charge in [-0.3, -0.25) is 4.68 Å². The number of hydrogen-bond acceptors (Lipinski definition) is 3. The van der Waals surface area contributed by atoms with Gasteiger partial charge >= 0.3 is 0 Å². The predicted octanol–water partition coefficient (Wildman–Crippen LogP) is 3.78. The Hall–Kier alpha value is -2.03. The number of aromatic nitrogens is 2. The van der Waals surface area contributed by atoms with Gasteiger partial charge in [0, 0.05) is 37.3 Å². The van der Waals surface area contributed by atoms with Crippen LogP contribution in [0, 0.1) is 6.92 Å². The average molecular weight is 481 g/mol. The summed E-state index contributed by atoms with van der Waals surface area (Å²) in [5.41, 5.74) is 3.34. The largest absolute Gasteiger partial charge is 0.459 e. The first-order chi connectivity index (χ1) is 12.7. The van der Waals surface area contributed by atoms with Crippen LogP contribution in [0.5, 0.6) is 0 Å². The van der Waals surface area contributed by atoms with Crippen molar-refractivity contribution in [2.24, 2.45) is 12.0 Å². The van der Waals surface area contributed by atoms with Crippen LogP contribution in [0.25, 0.3) is 11.0 Å². The summed E-state index contributed by atoms with van der Waals surface area (Å²) < 4.78 is 7.78. The first-order valence-electron chi connectivity index (χ1n) is 9.14. The van der Waals surface area contributed by atoms with E-state index in [0.29, 0.717) is 6.54 Å². The molecule has 146 valence electrons. The minimum Gasteiger partial charge on any atom is -0.459 e. The van der Waals surface area contributed by atoms with E-state index in [2.05, 4.69) is 46.8 Å². The van der Waals surface area contributed by atoms with Gasteiger partial charge in [-0.05, 0) is 38.3 Å². The molecule has 0 bridgehead atoms. The monoisotopic (exact) mass is 481 g/mol. The number of guanidine groups is 1. The second kappa shape index (κ2) is 10.3. The molecule has 2 N–H and O–H groups in total. The number of hydrogen-bond donors (Lipinski definition) is 2. The van der Waals surface area contributed by atoms with Crippen molar-refractivity contribution >= 4 is 40.9 Å². The molecule has 7 heteroatoms. The Balaban J connectivity index is 0.00000261. The predicted molar refractivity (Wildman–Crippen MR) is 121 cm³/mol. The van der Waals surface area contributed by atoms with Crippen LogP contribution >= 0.6 is 24.0 Å². The Bertz CT molecular complexity index is 884. The molecule has 2 aromatic heterocycles. The highest BCUT2D eigenvalue weighted by Gasteiger charge is 2.09. The smallest absolute Gasteiger partial charge is 0.191 e. The number of furan rings is 1. The molecular weight excluding hydrogens is 453 g/mol. The zero-order valence-corrected chi connectivity index (χ0v) is 18.5. The Morgan fingerprint density at radius 1 is 1.26 bits per heavy atom. The lowest BCUT2D eigenvalue weighted by Gasteiger charge is -2.10. The molecule has 27 heavy (non-hydrogen) atoms. The van der Waals surface area contributed by atoms with E-state index in [4.69, 9.17) is 4.42 Å². The number of fused-ring (bicyclic) bond motifs is 1. The van der Waals surface area contributed by atoms with Crippen molar-refractivity contribution in [1.29, 1.82) is 0 Å². The Kier molecular flexibility index (Phi) is 8.15. The van der Waals surface area contributed by atoms with E-state index in [9.17, 15) is 0 Å². The molecule has 0 atom stereocenters. The molecule has 0 fully saturated rings. The fourth-order valence-corrected chi connectivity index (χ4v) is 2.97. The number of aliphatic imine (C=N–C) groups is 1. The van der Waals surface area contributed by atoms with Crippen molar-refractivity contribution in [2.75, 3.05) is 13.1 Å². The van der Waals surface area contributed by atoms with Crippen molar-refractivity contribution in [3.05, 3.63) is 53.5 Å². The molecule has 0 aliphatic rings. The van der Waals surface area contributed by atoms with E-state index in [1.807, 2.05) is 36.1 Å². The summed E-state index contributed by atoms with van der Waals surface area (Å²) >= 11 is 0. The van der Waals surface area contributed by atoms with Crippen LogP contribution in [0.2, 0.25) is 0 Å². The fourth-order valence-electron chi connectivity index (χ4n) is 2.97. The van der Waals surface area contributed by atoms with E-state index in [0.717, 1.165) is 54.2 Å². The molecule has 0 saturated heterocycles. The number of rotatable bonds is 7. The summed E-state index contributed by atoms with van der Waals surface area (Å²) in [6.07, 6.45) is 6.01. The van der Waals surface area contributed by atoms with Gasteiger partial charge in [-0.25, -0.2) is 4.99 Å². The number of nitrogens with one attached hydrogen (secondary N) is 2. The third-order valence-corrected chi connectivity index (χ3v) is 4.36. The van der Waals surface area contributed by atoms with E-state index in [-0.39, 0.29) is 24.0 Å². The van der Waals surface area contributed by atoms with Crippen LogP contribution in [0.3, 0.4) is 0 Å². The van der Waals surface area contributed by atoms with Gasteiger partial charge in [-0.15, -0.1) is 24.0 Å². The van der Waals surface area contributed by atoms with Crippen LogP contribution in [0.4, 0.5) is 0 Å². The van der Waals surface area contributed by atoms with E-state index in [1.54, 1.807) is 0 Å². The highest BCUT2D eigenvalue weighted by Crippen LogP contribution is 2.25. The Morgan fingerprint density at radius 2 is 2.07 bits per heavy atom. The molecule has 0 unspecified atom stereocenters. The molecule has 0 aliphatic carbocycles. The van der Waals surface area contributed by atoms with Crippen molar-refractivity contribution < 1.29 is 4.42 Å². The number of aryl methyl sites for hydroxylation is 3. The van der Waals surface area contributed by atoms with Crippen LogP contribution in [0.15, 0.2) is 46.1 Å². The molecule has 0 radical (unpaired) electrons. The van der Waals surface area contributed by atoms with Crippen LogP contribution < -0.4 is 10.6 Å². The summed E-state index contributed by atoms with van der Waals surface area (Å²) in [6, 6.07) is 8.11. The maximum absolute atomic E-state index is 5.94. The average Bonchev–Trinajstić information content (AvgIpc) is 3.20. The maximum atomic E-state index is 5.94. The molecule has 0 aliphatic heterocycles. The van der Waals surface area contributed by atoms with Gasteiger partial charge in [-0.2, -0.15) is 5.10 Å². The van der Waals surface area contributed by atoms with Crippen LogP contribution in [-0.4, -0.2) is 28.8 Å². The van der Waals surface area contributed by atoms with E-state index in [1.165, 1.54) is 5.56 Å². The summed E-state index contributed by atoms with van der Waals surface area (Å²) in [4.78, 5) is 4.67. The second-order valence-electron chi connectivity index (χ2n) is 6.39. The van der Waals surface area contributed by atoms with Gasteiger partial charge < -0.3 is 15.1 Å². The Morgan fingerprint density at radius 3 is 2.78 bits per heavy atom. The van der Waals surface area contributed by atoms with Gasteiger partial charge in [0.05, 0.1) is 6.20 Å². The van der Waals surface area contributed by atoms with Gasteiger partial charge in [-0.1, -0.05) is 18.2 Å². The standard InChI is InChI=1S/C20H27N5O.HI/c1-4-21-20(22-11-7-8-16-12-24-25(3)14-16)23-13-19-15(2)17-9-5-6-10-18(17)26-19;/h5-6,9-10,12,14H,4,7-8,11,13H2,1-3H3,(H2,21,22,23);1H. The molecule has 0 spiro atoms.